The van der Waals surface area contributed by atoms with Crippen LogP contribution in [0.4, 0.5) is 4.39 Å². The van der Waals surface area contributed by atoms with Gasteiger partial charge in [-0.15, -0.1) is 0 Å². The van der Waals surface area contributed by atoms with Gasteiger partial charge in [-0.3, -0.25) is 4.79 Å². The Balaban J connectivity index is 1.60. The van der Waals surface area contributed by atoms with Crippen molar-refractivity contribution in [1.82, 2.24) is 5.43 Å². The lowest BCUT2D eigenvalue weighted by atomic mass is 10.1. The Bertz CT molecular complexity index is 854. The molecule has 1 atom stereocenters. The molecule has 0 saturated heterocycles. The third-order valence-corrected chi connectivity index (χ3v) is 3.89. The molecule has 0 spiro atoms. The molecule has 0 bridgehead atoms. The smallest absolute Gasteiger partial charge is 0.277 e. The maximum atomic E-state index is 13.1. The number of hydrazone groups is 1. The maximum absolute atomic E-state index is 13.1. The van der Waals surface area contributed by atoms with Gasteiger partial charge in [-0.1, -0.05) is 6.07 Å². The van der Waals surface area contributed by atoms with Gasteiger partial charge in [0.1, 0.15) is 29.2 Å². The van der Waals surface area contributed by atoms with Gasteiger partial charge >= 0.3 is 0 Å². The lowest BCUT2D eigenvalue weighted by Crippen LogP contribution is -2.24. The molecule has 1 amide bonds. The lowest BCUT2D eigenvalue weighted by molar-refractivity contribution is -0.123. The first kappa shape index (κ1) is 18.7. The third-order valence-electron chi connectivity index (χ3n) is 3.89. The molecule has 1 heterocycles. The fraction of sp³-hybridized carbons (Fsp3) is 0.300. The summed E-state index contributed by atoms with van der Waals surface area (Å²) in [6, 6.07) is 9.37. The minimum atomic E-state index is -0.459. The molecule has 0 unspecified atom stereocenters. The van der Waals surface area contributed by atoms with Gasteiger partial charge in [0, 0.05) is 23.6 Å². The van der Waals surface area contributed by atoms with Crippen molar-refractivity contribution in [2.75, 3.05) is 13.2 Å². The average molecular weight is 372 g/mol. The first-order chi connectivity index (χ1) is 13.0. The number of nitrogens with zero attached hydrogens (tertiary/aromatic N) is 1. The molecular formula is C20H21FN2O4. The van der Waals surface area contributed by atoms with E-state index in [4.69, 9.17) is 14.2 Å². The first-order valence-electron chi connectivity index (χ1n) is 8.71. The lowest BCUT2D eigenvalue weighted by Gasteiger charge is -2.09. The van der Waals surface area contributed by atoms with Gasteiger partial charge in [-0.25, -0.2) is 9.82 Å². The highest BCUT2D eigenvalue weighted by atomic mass is 19.1. The van der Waals surface area contributed by atoms with Crippen LogP contribution in [0.2, 0.25) is 0 Å². The number of halogens is 1. The van der Waals surface area contributed by atoms with E-state index < -0.39 is 11.7 Å². The van der Waals surface area contributed by atoms with Crippen molar-refractivity contribution >= 4 is 12.1 Å². The van der Waals surface area contributed by atoms with E-state index in [2.05, 4.69) is 10.5 Å². The van der Waals surface area contributed by atoms with Crippen LogP contribution in [0.1, 0.15) is 25.0 Å². The number of hydrogen-bond acceptors (Lipinski definition) is 5. The Morgan fingerprint density at radius 2 is 2.22 bits per heavy atom. The summed E-state index contributed by atoms with van der Waals surface area (Å²) in [5, 5.41) is 3.94. The van der Waals surface area contributed by atoms with E-state index in [0.717, 1.165) is 17.7 Å². The van der Waals surface area contributed by atoms with Crippen molar-refractivity contribution in [3.05, 3.63) is 53.3 Å². The summed E-state index contributed by atoms with van der Waals surface area (Å²) in [6.07, 6.45) is 2.46. The van der Waals surface area contributed by atoms with Crippen molar-refractivity contribution < 1.29 is 23.4 Å². The molecule has 2 aromatic carbocycles. The Morgan fingerprint density at radius 3 is 3.00 bits per heavy atom. The molecule has 0 aliphatic carbocycles. The van der Waals surface area contributed by atoms with Crippen LogP contribution in [0.3, 0.4) is 0 Å². The Labute approximate surface area is 156 Å². The Hall–Kier alpha value is -3.09. The molecule has 1 aliphatic rings. The standard InChI is InChI=1S/C20H21FN2O4/c1-3-25-18-8-14-7-13(2)27-19(14)9-15(18)11-22-23-20(24)12-26-17-6-4-5-16(21)10-17/h4-6,8-11,13H,3,7,12H2,1-2H3,(H,23,24)/b22-11-/t13-/m1/s1. The maximum Gasteiger partial charge on any atom is 0.277 e. The van der Waals surface area contributed by atoms with E-state index in [1.807, 2.05) is 26.0 Å². The van der Waals surface area contributed by atoms with Gasteiger partial charge < -0.3 is 14.2 Å². The van der Waals surface area contributed by atoms with Crippen molar-refractivity contribution in [2.24, 2.45) is 5.10 Å². The molecule has 0 fully saturated rings. The predicted molar refractivity (Wildman–Crippen MR) is 99.0 cm³/mol. The van der Waals surface area contributed by atoms with Crippen LogP contribution in [0.25, 0.3) is 0 Å². The summed E-state index contributed by atoms with van der Waals surface area (Å²) in [4.78, 5) is 11.8. The van der Waals surface area contributed by atoms with Crippen LogP contribution < -0.4 is 19.6 Å². The van der Waals surface area contributed by atoms with Gasteiger partial charge in [0.05, 0.1) is 12.8 Å². The van der Waals surface area contributed by atoms with Crippen molar-refractivity contribution in [1.29, 1.82) is 0 Å². The van der Waals surface area contributed by atoms with Gasteiger partial charge in [0.2, 0.25) is 0 Å². The molecule has 1 N–H and O–H groups in total. The van der Waals surface area contributed by atoms with Crippen LogP contribution in [0.15, 0.2) is 41.5 Å². The zero-order chi connectivity index (χ0) is 19.2. The SMILES string of the molecule is CCOc1cc2c(cc1/C=N\NC(=O)COc1cccc(F)c1)O[C@H](C)C2. The molecule has 7 heteroatoms. The van der Waals surface area contributed by atoms with Crippen LogP contribution >= 0.6 is 0 Å². The predicted octanol–water partition coefficient (Wildman–Crippen LogP) is 3.08. The summed E-state index contributed by atoms with van der Waals surface area (Å²) in [5.41, 5.74) is 4.18. The van der Waals surface area contributed by atoms with Gasteiger partial charge in [0.25, 0.3) is 5.91 Å². The van der Waals surface area contributed by atoms with Crippen LogP contribution in [-0.4, -0.2) is 31.4 Å². The second-order valence-corrected chi connectivity index (χ2v) is 6.10. The second-order valence-electron chi connectivity index (χ2n) is 6.10. The van der Waals surface area contributed by atoms with Crippen molar-refractivity contribution in [3.8, 4) is 17.2 Å². The van der Waals surface area contributed by atoms with E-state index in [9.17, 15) is 9.18 Å². The Morgan fingerprint density at radius 1 is 1.37 bits per heavy atom. The Kier molecular flexibility index (Phi) is 5.90. The summed E-state index contributed by atoms with van der Waals surface area (Å²) in [6.45, 7) is 4.15. The average Bonchev–Trinajstić information content (AvgIpc) is 2.99. The first-order valence-corrected chi connectivity index (χ1v) is 8.71. The van der Waals surface area contributed by atoms with E-state index in [1.54, 1.807) is 6.07 Å². The van der Waals surface area contributed by atoms with Crippen molar-refractivity contribution in [3.63, 3.8) is 0 Å². The van der Waals surface area contributed by atoms with E-state index in [1.165, 1.54) is 24.4 Å². The molecule has 3 rings (SSSR count). The van der Waals surface area contributed by atoms with E-state index in [-0.39, 0.29) is 18.5 Å². The highest BCUT2D eigenvalue weighted by molar-refractivity contribution is 5.86. The quantitative estimate of drug-likeness (QED) is 0.599. The molecule has 27 heavy (non-hydrogen) atoms. The third kappa shape index (κ3) is 4.97. The number of benzene rings is 2. The summed E-state index contributed by atoms with van der Waals surface area (Å²) < 4.78 is 29.7. The minimum Gasteiger partial charge on any atom is -0.493 e. The second kappa shape index (κ2) is 8.53. The number of amides is 1. The van der Waals surface area contributed by atoms with Gasteiger partial charge in [-0.2, -0.15) is 5.10 Å². The topological polar surface area (TPSA) is 69.2 Å². The number of ether oxygens (including phenoxy) is 3. The minimum absolute atomic E-state index is 0.126. The largest absolute Gasteiger partial charge is 0.493 e. The molecule has 142 valence electrons. The number of nitrogens with one attached hydrogen (secondary N) is 1. The van der Waals surface area contributed by atoms with E-state index >= 15 is 0 Å². The number of rotatable bonds is 7. The van der Waals surface area contributed by atoms with Gasteiger partial charge in [-0.05, 0) is 38.1 Å². The molecule has 0 radical (unpaired) electrons. The summed E-state index contributed by atoms with van der Waals surface area (Å²) in [5.74, 6) is 0.871. The highest BCUT2D eigenvalue weighted by Crippen LogP contribution is 2.34. The van der Waals surface area contributed by atoms with Crippen LogP contribution in [0, 0.1) is 5.82 Å². The molecular weight excluding hydrogens is 351 g/mol. The monoisotopic (exact) mass is 372 g/mol. The van der Waals surface area contributed by atoms with Crippen LogP contribution in [0.5, 0.6) is 17.2 Å². The van der Waals surface area contributed by atoms with Crippen molar-refractivity contribution in [2.45, 2.75) is 26.4 Å². The van der Waals surface area contributed by atoms with E-state index in [0.29, 0.717) is 17.9 Å². The zero-order valence-corrected chi connectivity index (χ0v) is 15.2. The number of carbonyl (C=O) groups is 1. The normalized spacial score (nSPS) is 15.3. The highest BCUT2D eigenvalue weighted by Gasteiger charge is 2.21. The summed E-state index contributed by atoms with van der Waals surface area (Å²) in [7, 11) is 0. The fourth-order valence-electron chi connectivity index (χ4n) is 2.75. The number of fused-ring (bicyclic) bond motifs is 1. The molecule has 2 aromatic rings. The molecule has 1 aliphatic heterocycles. The molecule has 0 saturated carbocycles. The molecule has 0 aromatic heterocycles. The molecule has 6 nitrogen and oxygen atoms in total. The number of carbonyl (C=O) groups excluding carboxylic acids is 1. The number of hydrogen-bond donors (Lipinski definition) is 1. The zero-order valence-electron chi connectivity index (χ0n) is 15.2. The fourth-order valence-corrected chi connectivity index (χ4v) is 2.75. The van der Waals surface area contributed by atoms with Crippen LogP contribution in [-0.2, 0) is 11.2 Å². The van der Waals surface area contributed by atoms with Gasteiger partial charge in [0.15, 0.2) is 6.61 Å². The summed E-state index contributed by atoms with van der Waals surface area (Å²) >= 11 is 0.